The zero-order valence-corrected chi connectivity index (χ0v) is 13.6. The number of hydrogen-bond donors (Lipinski definition) is 2. The molecule has 1 aromatic heterocycles. The first-order valence-electron chi connectivity index (χ1n) is 8.77. The van der Waals surface area contributed by atoms with Crippen LogP contribution in [0.5, 0.6) is 0 Å². The molecule has 1 fully saturated rings. The minimum Gasteiger partial charge on any atom is -0.366 e. The number of piperidine rings is 1. The van der Waals surface area contributed by atoms with Crippen LogP contribution in [-0.4, -0.2) is 28.8 Å². The summed E-state index contributed by atoms with van der Waals surface area (Å²) in [5.74, 6) is -1.92. The van der Waals surface area contributed by atoms with Gasteiger partial charge in [-0.2, -0.15) is 5.10 Å². The molecule has 0 saturated carbocycles. The van der Waals surface area contributed by atoms with Gasteiger partial charge in [0.25, 0.3) is 5.91 Å². The Kier molecular flexibility index (Phi) is 3.67. The van der Waals surface area contributed by atoms with Crippen LogP contribution < -0.4 is 11.1 Å². The Balaban J connectivity index is 1.75. The van der Waals surface area contributed by atoms with Crippen LogP contribution in [0.15, 0.2) is 42.6 Å². The van der Waals surface area contributed by atoms with Gasteiger partial charge in [-0.25, -0.2) is 9.07 Å². The van der Waals surface area contributed by atoms with Gasteiger partial charge < -0.3 is 11.1 Å². The van der Waals surface area contributed by atoms with E-state index in [9.17, 15) is 9.18 Å². The van der Waals surface area contributed by atoms with Crippen molar-refractivity contribution in [1.29, 1.82) is 0 Å². The summed E-state index contributed by atoms with van der Waals surface area (Å²) < 4.78 is 24.9. The predicted octanol–water partition coefficient (Wildman–Crippen LogP) is 2.73. The summed E-state index contributed by atoms with van der Waals surface area (Å²) >= 11 is 0. The van der Waals surface area contributed by atoms with Crippen LogP contribution >= 0.6 is 0 Å². The molecule has 4 rings (SSSR count). The topological polar surface area (TPSA) is 72.9 Å². The van der Waals surface area contributed by atoms with Crippen molar-refractivity contribution in [3.05, 3.63) is 59.5 Å². The van der Waals surface area contributed by atoms with Crippen molar-refractivity contribution >= 4 is 16.8 Å². The van der Waals surface area contributed by atoms with Crippen molar-refractivity contribution in [2.24, 2.45) is 5.73 Å². The van der Waals surface area contributed by atoms with E-state index in [0.29, 0.717) is 35.3 Å². The summed E-state index contributed by atoms with van der Waals surface area (Å²) in [6, 6.07) is 9.97. The number of amides is 1. The molecule has 0 bridgehead atoms. The van der Waals surface area contributed by atoms with E-state index in [-0.39, 0.29) is 0 Å². The summed E-state index contributed by atoms with van der Waals surface area (Å²) in [5, 5.41) is 8.31. The van der Waals surface area contributed by atoms with E-state index in [4.69, 9.17) is 7.10 Å². The third-order valence-electron chi connectivity index (χ3n) is 4.57. The zero-order valence-electron chi connectivity index (χ0n) is 14.6. The molecule has 2 heterocycles. The lowest BCUT2D eigenvalue weighted by Gasteiger charge is -2.23. The predicted molar refractivity (Wildman–Crippen MR) is 94.4 cm³/mol. The number of rotatable bonds is 3. The molecular formula is C19H19FN4O. The van der Waals surface area contributed by atoms with Crippen molar-refractivity contribution in [2.75, 3.05) is 13.1 Å². The van der Waals surface area contributed by atoms with Crippen LogP contribution in [0.2, 0.25) is 0 Å². The molecule has 5 nitrogen and oxygen atoms in total. The lowest BCUT2D eigenvalue weighted by atomic mass is 9.91. The molecule has 0 spiro atoms. The summed E-state index contributed by atoms with van der Waals surface area (Å²) in [4.78, 5) is 11.6. The average Bonchev–Trinajstić information content (AvgIpc) is 3.06. The number of carbonyl (C=O) groups excluding carboxylic acids is 1. The maximum atomic E-state index is 14.8. The van der Waals surface area contributed by atoms with Crippen LogP contribution in [-0.2, 0) is 0 Å². The van der Waals surface area contributed by atoms with Gasteiger partial charge in [0.2, 0.25) is 0 Å². The van der Waals surface area contributed by atoms with Gasteiger partial charge in [-0.3, -0.25) is 4.79 Å². The highest BCUT2D eigenvalue weighted by Crippen LogP contribution is 2.27. The number of nitrogens with two attached hydrogens (primary N) is 1. The van der Waals surface area contributed by atoms with E-state index in [1.807, 2.05) is 6.07 Å². The number of carbonyl (C=O) groups is 1. The van der Waals surface area contributed by atoms with Gasteiger partial charge in [0.15, 0.2) is 0 Å². The minimum atomic E-state index is -0.950. The van der Waals surface area contributed by atoms with Crippen LogP contribution in [0, 0.1) is 5.82 Å². The molecule has 3 N–H and O–H groups in total. The van der Waals surface area contributed by atoms with E-state index in [1.165, 1.54) is 10.7 Å². The quantitative estimate of drug-likeness (QED) is 0.771. The van der Waals surface area contributed by atoms with E-state index in [2.05, 4.69) is 10.4 Å². The highest BCUT2D eigenvalue weighted by Gasteiger charge is 2.19. The number of fused-ring (bicyclic) bond motifs is 1. The zero-order chi connectivity index (χ0) is 18.3. The number of benzene rings is 2. The fourth-order valence-electron chi connectivity index (χ4n) is 3.29. The second-order valence-corrected chi connectivity index (χ2v) is 6.23. The van der Waals surface area contributed by atoms with Gasteiger partial charge in [0.05, 0.1) is 11.3 Å². The summed E-state index contributed by atoms with van der Waals surface area (Å²) in [6.45, 7) is 1.30. The molecule has 6 heteroatoms. The highest BCUT2D eigenvalue weighted by atomic mass is 19.1. The fraction of sp³-hybridized carbons (Fsp3) is 0.263. The molecule has 1 aliphatic rings. The van der Waals surface area contributed by atoms with Crippen LogP contribution in [0.25, 0.3) is 16.6 Å². The monoisotopic (exact) mass is 339 g/mol. The van der Waals surface area contributed by atoms with Gasteiger partial charge in [-0.1, -0.05) is 18.2 Å². The third kappa shape index (κ3) is 2.89. The molecule has 3 aromatic rings. The number of halogens is 1. The molecule has 0 radical (unpaired) electrons. The molecule has 0 unspecified atom stereocenters. The first kappa shape index (κ1) is 14.6. The van der Waals surface area contributed by atoms with E-state index in [1.54, 1.807) is 30.5 Å². The first-order valence-corrected chi connectivity index (χ1v) is 8.27. The number of primary amides is 1. The van der Waals surface area contributed by atoms with Gasteiger partial charge in [-0.05, 0) is 49.0 Å². The Morgan fingerprint density at radius 2 is 2.28 bits per heavy atom. The highest BCUT2D eigenvalue weighted by molar-refractivity contribution is 6.04. The summed E-state index contributed by atoms with van der Waals surface area (Å²) in [5.41, 5.74) is 7.13. The second kappa shape index (κ2) is 6.29. The lowest BCUT2D eigenvalue weighted by molar-refractivity contribution is 0.100. The Morgan fingerprint density at radius 1 is 1.40 bits per heavy atom. The van der Waals surface area contributed by atoms with Crippen molar-refractivity contribution < 1.29 is 10.6 Å². The van der Waals surface area contributed by atoms with Gasteiger partial charge >= 0.3 is 0 Å². The number of nitrogens with zero attached hydrogens (tertiary/aromatic N) is 2. The fourth-order valence-corrected chi connectivity index (χ4v) is 3.29. The Hall–Kier alpha value is -2.73. The summed E-state index contributed by atoms with van der Waals surface area (Å²) in [7, 11) is 0. The van der Waals surface area contributed by atoms with Gasteiger partial charge in [0, 0.05) is 19.5 Å². The largest absolute Gasteiger partial charge is 0.366 e. The Morgan fingerprint density at radius 3 is 3.00 bits per heavy atom. The normalized spacial score (nSPS) is 21.2. The molecule has 1 amide bonds. The molecule has 2 aromatic carbocycles. The van der Waals surface area contributed by atoms with Gasteiger partial charge in [0.1, 0.15) is 11.3 Å². The number of nitrogens with one attached hydrogen (secondary N) is 1. The molecule has 25 heavy (non-hydrogen) atoms. The van der Waals surface area contributed by atoms with Crippen molar-refractivity contribution in [1.82, 2.24) is 15.1 Å². The number of aromatic nitrogens is 2. The lowest BCUT2D eigenvalue weighted by Crippen LogP contribution is -2.28. The molecule has 128 valence electrons. The van der Waals surface area contributed by atoms with Crippen LogP contribution in [0.1, 0.15) is 36.0 Å². The maximum Gasteiger partial charge on any atom is 0.250 e. The van der Waals surface area contributed by atoms with Crippen LogP contribution in [0.4, 0.5) is 4.39 Å². The van der Waals surface area contributed by atoms with Crippen molar-refractivity contribution in [3.63, 3.8) is 0 Å². The van der Waals surface area contributed by atoms with Gasteiger partial charge in [-0.15, -0.1) is 0 Å². The Labute approximate surface area is 146 Å². The third-order valence-corrected chi connectivity index (χ3v) is 4.57. The SMILES string of the molecule is [2H][C@]1(c2ccc(-n3cc4cccc(C(N)=O)c4n3)cc2F)CCCNC1. The van der Waals surface area contributed by atoms with Crippen molar-refractivity contribution in [2.45, 2.75) is 18.7 Å². The molecule has 1 aliphatic heterocycles. The second-order valence-electron chi connectivity index (χ2n) is 6.23. The van der Waals surface area contributed by atoms with Crippen molar-refractivity contribution in [3.8, 4) is 5.69 Å². The minimum absolute atomic E-state index is 0.330. The van der Waals surface area contributed by atoms with E-state index in [0.717, 1.165) is 18.4 Å². The molecule has 0 aliphatic carbocycles. The smallest absolute Gasteiger partial charge is 0.250 e. The molecule has 1 atom stereocenters. The standard InChI is InChI=1S/C19H19FN4O/c20-17-9-14(6-7-15(17)12-4-2-8-22-10-12)24-11-13-3-1-5-16(19(21)25)18(13)23-24/h1,3,5-7,9,11-12,22H,2,4,8,10H2,(H2,21,25)/t12-/m0/s1/i12D. The average molecular weight is 339 g/mol. The first-order chi connectivity index (χ1) is 12.5. The molecular weight excluding hydrogens is 319 g/mol. The van der Waals surface area contributed by atoms with E-state index >= 15 is 0 Å². The Bertz CT molecular complexity index is 994. The van der Waals surface area contributed by atoms with Crippen LogP contribution in [0.3, 0.4) is 0 Å². The molecule has 1 saturated heterocycles. The summed E-state index contributed by atoms with van der Waals surface area (Å²) in [6.07, 6.45) is 3.21. The maximum absolute atomic E-state index is 14.8. The van der Waals surface area contributed by atoms with E-state index < -0.39 is 17.6 Å². The number of hydrogen-bond acceptors (Lipinski definition) is 3.